The van der Waals surface area contributed by atoms with Gasteiger partial charge in [0, 0.05) is 13.5 Å². The third-order valence-electron chi connectivity index (χ3n) is 4.09. The van der Waals surface area contributed by atoms with Gasteiger partial charge in [0.1, 0.15) is 6.61 Å². The van der Waals surface area contributed by atoms with Crippen LogP contribution in [-0.2, 0) is 14.0 Å². The van der Waals surface area contributed by atoms with Crippen molar-refractivity contribution in [2.75, 3.05) is 13.2 Å². The van der Waals surface area contributed by atoms with Crippen LogP contribution in [0.5, 0.6) is 0 Å². The van der Waals surface area contributed by atoms with Gasteiger partial charge in [-0.3, -0.25) is 4.79 Å². The van der Waals surface area contributed by atoms with E-state index in [2.05, 4.69) is 46.9 Å². The maximum atomic E-state index is 10.7. The van der Waals surface area contributed by atoms with Gasteiger partial charge in [0.05, 0.1) is 0 Å². The number of rotatable bonds is 8. The van der Waals surface area contributed by atoms with Crippen LogP contribution < -0.4 is 0 Å². The molecule has 0 rings (SSSR count). The Hall–Kier alpha value is -0.873. The molecule has 0 bridgehead atoms. The Balaban J connectivity index is 4.13. The molecule has 0 unspecified atom stereocenters. The zero-order valence-corrected chi connectivity index (χ0v) is 16.7. The zero-order chi connectivity index (χ0) is 17.4. The summed E-state index contributed by atoms with van der Waals surface area (Å²) < 4.78 is 11.2. The lowest BCUT2D eigenvalue weighted by Gasteiger charge is -2.36. The number of hydrogen-bond donors (Lipinski definition) is 0. The van der Waals surface area contributed by atoms with Crippen molar-refractivity contribution in [1.82, 2.24) is 0 Å². The van der Waals surface area contributed by atoms with Gasteiger partial charge >= 0.3 is 5.97 Å². The molecular formula is C18H34O3Si. The summed E-state index contributed by atoms with van der Waals surface area (Å²) in [4.78, 5) is 10.7. The molecule has 0 aliphatic carbocycles. The van der Waals surface area contributed by atoms with E-state index in [9.17, 15) is 4.79 Å². The van der Waals surface area contributed by atoms with Crippen molar-refractivity contribution >= 4 is 14.3 Å². The average Bonchev–Trinajstić information content (AvgIpc) is 2.37. The molecule has 0 amide bonds. The van der Waals surface area contributed by atoms with Crippen molar-refractivity contribution in [3.63, 3.8) is 0 Å². The maximum Gasteiger partial charge on any atom is 0.302 e. The quantitative estimate of drug-likeness (QED) is 0.353. The molecule has 4 heteroatoms. The lowest BCUT2D eigenvalue weighted by Crippen LogP contribution is -2.41. The molecule has 0 aliphatic rings. The number of ether oxygens (including phenoxy) is 1. The summed E-state index contributed by atoms with van der Waals surface area (Å²) in [6, 6.07) is 0. The minimum Gasteiger partial charge on any atom is -0.461 e. The van der Waals surface area contributed by atoms with Crippen LogP contribution in [0.3, 0.4) is 0 Å². The summed E-state index contributed by atoms with van der Waals surface area (Å²) >= 11 is 0. The molecular weight excluding hydrogens is 292 g/mol. The first kappa shape index (κ1) is 21.1. The van der Waals surface area contributed by atoms with E-state index in [1.54, 1.807) is 0 Å². The summed E-state index contributed by atoms with van der Waals surface area (Å²) in [5.74, 6) is 0.265. The van der Waals surface area contributed by atoms with Gasteiger partial charge in [-0.05, 0) is 43.0 Å². The Bertz CT molecular complexity index is 403. The lowest BCUT2D eigenvalue weighted by atomic mass is 10.1. The van der Waals surface area contributed by atoms with E-state index in [4.69, 9.17) is 9.16 Å². The Kier molecular flexibility index (Phi) is 8.94. The Labute approximate surface area is 137 Å². The van der Waals surface area contributed by atoms with Gasteiger partial charge in [-0.15, -0.1) is 0 Å². The Morgan fingerprint density at radius 2 is 1.82 bits per heavy atom. The smallest absolute Gasteiger partial charge is 0.302 e. The van der Waals surface area contributed by atoms with E-state index in [1.165, 1.54) is 6.92 Å². The van der Waals surface area contributed by atoms with Gasteiger partial charge in [-0.1, -0.05) is 45.9 Å². The fourth-order valence-electron chi connectivity index (χ4n) is 1.44. The highest BCUT2D eigenvalue weighted by Gasteiger charge is 2.37. The molecule has 1 atom stereocenters. The van der Waals surface area contributed by atoms with Crippen LogP contribution in [-0.4, -0.2) is 27.5 Å². The van der Waals surface area contributed by atoms with E-state index in [1.807, 2.05) is 19.1 Å². The monoisotopic (exact) mass is 326 g/mol. The fourth-order valence-corrected chi connectivity index (χ4v) is 2.58. The van der Waals surface area contributed by atoms with Crippen LogP contribution in [0.15, 0.2) is 23.8 Å². The second-order valence-corrected chi connectivity index (χ2v) is 12.4. The number of carbonyl (C=O) groups excluding carboxylic acids is 1. The van der Waals surface area contributed by atoms with Crippen molar-refractivity contribution in [2.24, 2.45) is 5.92 Å². The van der Waals surface area contributed by atoms with Crippen LogP contribution in [0, 0.1) is 5.92 Å². The topological polar surface area (TPSA) is 35.5 Å². The predicted octanol–water partition coefficient (Wildman–Crippen LogP) is 5.10. The van der Waals surface area contributed by atoms with Crippen molar-refractivity contribution in [3.05, 3.63) is 23.8 Å². The highest BCUT2D eigenvalue weighted by atomic mass is 28.4. The molecule has 3 nitrogen and oxygen atoms in total. The van der Waals surface area contributed by atoms with Gasteiger partial charge in [0.15, 0.2) is 8.32 Å². The summed E-state index contributed by atoms with van der Waals surface area (Å²) in [6.07, 6.45) is 7.16. The van der Waals surface area contributed by atoms with Crippen LogP contribution in [0.25, 0.3) is 0 Å². The number of carbonyl (C=O) groups is 1. The lowest BCUT2D eigenvalue weighted by molar-refractivity contribution is -0.139. The van der Waals surface area contributed by atoms with Gasteiger partial charge in [-0.25, -0.2) is 0 Å². The van der Waals surface area contributed by atoms with Gasteiger partial charge in [0.25, 0.3) is 0 Å². The molecule has 128 valence electrons. The van der Waals surface area contributed by atoms with Crippen molar-refractivity contribution in [3.8, 4) is 0 Å². The highest BCUT2D eigenvalue weighted by Crippen LogP contribution is 2.36. The minimum atomic E-state index is -1.64. The van der Waals surface area contributed by atoms with E-state index >= 15 is 0 Å². The maximum absolute atomic E-state index is 10.7. The molecule has 0 aliphatic heterocycles. The second-order valence-electron chi connectivity index (χ2n) is 7.63. The summed E-state index contributed by atoms with van der Waals surface area (Å²) in [5.41, 5.74) is 1.04. The molecule has 0 aromatic carbocycles. The van der Waals surface area contributed by atoms with Crippen molar-refractivity contribution < 1.29 is 14.0 Å². The van der Waals surface area contributed by atoms with Crippen LogP contribution in [0.1, 0.15) is 48.0 Å². The molecule has 0 heterocycles. The van der Waals surface area contributed by atoms with E-state index in [0.29, 0.717) is 12.5 Å². The number of esters is 1. The fraction of sp³-hybridized carbons (Fsp3) is 0.722. The van der Waals surface area contributed by atoms with Crippen molar-refractivity contribution in [1.29, 1.82) is 0 Å². The molecule has 22 heavy (non-hydrogen) atoms. The van der Waals surface area contributed by atoms with Gasteiger partial charge < -0.3 is 9.16 Å². The van der Waals surface area contributed by atoms with E-state index in [0.717, 1.165) is 18.6 Å². The van der Waals surface area contributed by atoms with Crippen LogP contribution in [0.4, 0.5) is 0 Å². The SMILES string of the molecule is CC(=O)OC/C(C)=C/C=C/C[C@@H](C)CO[Si](C)(C)C(C)(C)C. The first-order valence-corrected chi connectivity index (χ1v) is 11.0. The third-order valence-corrected chi connectivity index (χ3v) is 8.59. The molecule has 0 spiro atoms. The Morgan fingerprint density at radius 3 is 2.32 bits per heavy atom. The number of hydrogen-bond acceptors (Lipinski definition) is 3. The molecule has 0 radical (unpaired) electrons. The molecule has 0 saturated heterocycles. The first-order chi connectivity index (χ1) is 9.95. The minimum absolute atomic E-state index is 0.242. The highest BCUT2D eigenvalue weighted by molar-refractivity contribution is 6.74. The average molecular weight is 327 g/mol. The molecule has 0 aromatic heterocycles. The predicted molar refractivity (Wildman–Crippen MR) is 96.5 cm³/mol. The van der Waals surface area contributed by atoms with Gasteiger partial charge in [0.2, 0.25) is 0 Å². The second kappa shape index (κ2) is 9.31. The Morgan fingerprint density at radius 1 is 1.23 bits per heavy atom. The van der Waals surface area contributed by atoms with Crippen LogP contribution >= 0.6 is 0 Å². The summed E-state index contributed by atoms with van der Waals surface area (Å²) in [6.45, 7) is 18.1. The van der Waals surface area contributed by atoms with Crippen molar-refractivity contribution in [2.45, 2.75) is 66.1 Å². The molecule has 0 N–H and O–H groups in total. The summed E-state index contributed by atoms with van der Waals surface area (Å²) in [5, 5.41) is 0.263. The van der Waals surface area contributed by atoms with E-state index in [-0.39, 0.29) is 11.0 Å². The molecule has 0 fully saturated rings. The third kappa shape index (κ3) is 9.21. The molecule has 0 saturated carbocycles. The first-order valence-electron chi connectivity index (χ1n) is 8.05. The largest absolute Gasteiger partial charge is 0.461 e. The molecule has 0 aromatic rings. The zero-order valence-electron chi connectivity index (χ0n) is 15.7. The summed E-state index contributed by atoms with van der Waals surface area (Å²) in [7, 11) is -1.64. The van der Waals surface area contributed by atoms with Crippen LogP contribution in [0.2, 0.25) is 18.1 Å². The normalized spacial score (nSPS) is 15.2. The van der Waals surface area contributed by atoms with Gasteiger partial charge in [-0.2, -0.15) is 0 Å². The van der Waals surface area contributed by atoms with E-state index < -0.39 is 8.32 Å². The number of allylic oxidation sites excluding steroid dienone is 3. The standard InChI is InChI=1S/C18H34O3Si/c1-15(13-20-17(3)19)11-9-10-12-16(2)14-21-22(7,8)18(4,5)6/h9-11,16H,12-14H2,1-8H3/b10-9+,15-11+/t16-/m1/s1.